The fourth-order valence-corrected chi connectivity index (χ4v) is 5.65. The molecular weight excluding hydrogens is 338 g/mol. The Bertz CT molecular complexity index is 868. The monoisotopic (exact) mass is 369 g/mol. The number of rotatable bonds is 3. The van der Waals surface area contributed by atoms with Gasteiger partial charge in [0.25, 0.3) is 0 Å². The van der Waals surface area contributed by atoms with Crippen LogP contribution in [-0.4, -0.2) is 18.4 Å². The summed E-state index contributed by atoms with van der Waals surface area (Å²) in [7, 11) is -1.73. The molecule has 26 heavy (non-hydrogen) atoms. The maximum atomic E-state index is 11.6. The number of carbonyl (C=O) groups excluding carboxylic acids is 1. The number of nitrogens with zero attached hydrogens (tertiary/aromatic N) is 1. The molecule has 0 spiro atoms. The molecule has 2 aromatic rings. The van der Waals surface area contributed by atoms with E-state index >= 15 is 0 Å². The van der Waals surface area contributed by atoms with Gasteiger partial charge in [0.15, 0.2) is 8.24 Å². The van der Waals surface area contributed by atoms with Gasteiger partial charge in [-0.3, -0.25) is 4.79 Å². The first-order chi connectivity index (χ1) is 12.1. The van der Waals surface area contributed by atoms with Crippen LogP contribution in [0.15, 0.2) is 30.5 Å². The van der Waals surface area contributed by atoms with E-state index in [0.717, 1.165) is 18.4 Å². The van der Waals surface area contributed by atoms with Gasteiger partial charge in [-0.2, -0.15) is 0 Å². The van der Waals surface area contributed by atoms with Crippen LogP contribution in [0.25, 0.3) is 16.5 Å². The molecule has 140 valence electrons. The quantitative estimate of drug-likeness (QED) is 0.357. The number of hydrogen-bond acceptors (Lipinski definition) is 2. The van der Waals surface area contributed by atoms with Crippen molar-refractivity contribution < 1.29 is 9.53 Å². The van der Waals surface area contributed by atoms with Gasteiger partial charge in [-0.1, -0.05) is 39.9 Å². The van der Waals surface area contributed by atoms with E-state index in [1.807, 2.05) is 6.07 Å². The normalized spacial score (nSPS) is 15.8. The van der Waals surface area contributed by atoms with Crippen molar-refractivity contribution in [1.29, 1.82) is 0 Å². The molecule has 1 aliphatic rings. The zero-order valence-electron chi connectivity index (χ0n) is 17.0. The lowest BCUT2D eigenvalue weighted by Crippen LogP contribution is -2.44. The number of hydrogen-bond donors (Lipinski definition) is 0. The molecule has 3 nitrogen and oxygen atoms in total. The van der Waals surface area contributed by atoms with E-state index in [4.69, 9.17) is 4.74 Å². The van der Waals surface area contributed by atoms with Crippen molar-refractivity contribution in [2.75, 3.05) is 0 Å². The predicted molar refractivity (Wildman–Crippen MR) is 112 cm³/mol. The fraction of sp³-hybridized carbons (Fsp3) is 0.500. The molecule has 4 heteroatoms. The highest BCUT2D eigenvalue weighted by molar-refractivity contribution is 6.79. The van der Waals surface area contributed by atoms with Gasteiger partial charge >= 0.3 is 5.97 Å². The van der Waals surface area contributed by atoms with E-state index in [2.05, 4.69) is 62.5 Å². The second-order valence-electron chi connectivity index (χ2n) is 8.94. The van der Waals surface area contributed by atoms with Gasteiger partial charge in [-0.15, -0.1) is 0 Å². The Labute approximate surface area is 158 Å². The summed E-state index contributed by atoms with van der Waals surface area (Å²) in [5.74, 6) is 0.442. The first kappa shape index (κ1) is 19.0. The van der Waals surface area contributed by atoms with Crippen LogP contribution >= 0.6 is 0 Å². The lowest BCUT2D eigenvalue weighted by molar-refractivity contribution is -0.131. The average molecular weight is 370 g/mol. The van der Waals surface area contributed by atoms with Gasteiger partial charge < -0.3 is 8.97 Å². The molecule has 0 bridgehead atoms. The third-order valence-corrected chi connectivity index (χ3v) is 11.4. The lowest BCUT2D eigenvalue weighted by atomic mass is 9.91. The van der Waals surface area contributed by atoms with Crippen molar-refractivity contribution in [1.82, 2.24) is 4.23 Å². The van der Waals surface area contributed by atoms with Gasteiger partial charge in [0.05, 0.1) is 0 Å². The van der Waals surface area contributed by atoms with Gasteiger partial charge in [0, 0.05) is 23.4 Å². The zero-order chi connectivity index (χ0) is 19.1. The van der Waals surface area contributed by atoms with E-state index in [1.54, 1.807) is 0 Å². The summed E-state index contributed by atoms with van der Waals surface area (Å²) in [6, 6.07) is 6.33. The Hall–Kier alpha value is -1.81. The Balaban J connectivity index is 2.24. The van der Waals surface area contributed by atoms with Crippen molar-refractivity contribution in [3.63, 3.8) is 0 Å². The summed E-state index contributed by atoms with van der Waals surface area (Å²) < 4.78 is 8.10. The highest BCUT2D eigenvalue weighted by atomic mass is 28.3. The van der Waals surface area contributed by atoms with Crippen molar-refractivity contribution in [3.05, 3.63) is 36.0 Å². The zero-order valence-corrected chi connectivity index (χ0v) is 18.0. The smallest absolute Gasteiger partial charge is 0.308 e. The largest absolute Gasteiger partial charge is 0.426 e. The van der Waals surface area contributed by atoms with E-state index in [0.29, 0.717) is 5.75 Å². The lowest BCUT2D eigenvalue weighted by Gasteiger charge is -2.38. The van der Waals surface area contributed by atoms with Gasteiger partial charge in [-0.05, 0) is 60.7 Å². The molecule has 3 rings (SSSR count). The predicted octanol–water partition coefficient (Wildman–Crippen LogP) is 6.38. The van der Waals surface area contributed by atoms with Crippen molar-refractivity contribution in [3.8, 4) is 5.75 Å². The Kier molecular flexibility index (Phi) is 4.91. The van der Waals surface area contributed by atoms with Crippen molar-refractivity contribution in [2.45, 2.75) is 71.5 Å². The van der Waals surface area contributed by atoms with Crippen LogP contribution < -0.4 is 4.74 Å². The number of fused-ring (bicyclic) bond motifs is 1. The molecule has 0 saturated heterocycles. The number of esters is 1. The number of benzene rings is 1. The summed E-state index contributed by atoms with van der Waals surface area (Å²) in [6.45, 7) is 13.3. The molecule has 1 aromatic carbocycles. The summed E-state index contributed by atoms with van der Waals surface area (Å²) >= 11 is 0. The topological polar surface area (TPSA) is 31.2 Å². The summed E-state index contributed by atoms with van der Waals surface area (Å²) in [6.07, 6.45) is 9.17. The number of allylic oxidation sites excluding steroid dienone is 2. The Morgan fingerprint density at radius 1 is 1.15 bits per heavy atom. The molecule has 0 saturated carbocycles. The second kappa shape index (κ2) is 6.73. The molecule has 0 fully saturated rings. The van der Waals surface area contributed by atoms with Gasteiger partial charge in [0.1, 0.15) is 5.75 Å². The third-order valence-electron chi connectivity index (χ3n) is 6.14. The van der Waals surface area contributed by atoms with Crippen LogP contribution in [0.5, 0.6) is 5.75 Å². The average Bonchev–Trinajstić information content (AvgIpc) is 2.98. The molecule has 0 amide bonds. The molecule has 0 unspecified atom stereocenters. The van der Waals surface area contributed by atoms with Crippen LogP contribution in [0.1, 0.15) is 58.9 Å². The molecule has 0 N–H and O–H groups in total. The van der Waals surface area contributed by atoms with E-state index in [9.17, 15) is 4.79 Å². The Morgan fingerprint density at radius 2 is 1.88 bits per heavy atom. The molecular formula is C22H31NO2Si. The summed E-state index contributed by atoms with van der Waals surface area (Å²) in [5, 5.41) is 1.46. The minimum atomic E-state index is -1.73. The molecule has 1 aromatic heterocycles. The summed E-state index contributed by atoms with van der Waals surface area (Å²) in [4.78, 5) is 11.6. The minimum Gasteiger partial charge on any atom is -0.426 e. The Morgan fingerprint density at radius 3 is 2.46 bits per heavy atom. The van der Waals surface area contributed by atoms with Crippen LogP contribution in [0.3, 0.4) is 0 Å². The van der Waals surface area contributed by atoms with E-state index in [1.165, 1.54) is 36.2 Å². The summed E-state index contributed by atoms with van der Waals surface area (Å²) in [5.41, 5.74) is 3.70. The number of carbonyl (C=O) groups is 1. The van der Waals surface area contributed by atoms with Crippen LogP contribution in [0.4, 0.5) is 0 Å². The van der Waals surface area contributed by atoms with Crippen molar-refractivity contribution in [2.24, 2.45) is 0 Å². The molecule has 0 radical (unpaired) electrons. The molecule has 1 aliphatic carbocycles. The highest BCUT2D eigenvalue weighted by Gasteiger charge is 2.38. The first-order valence-electron chi connectivity index (χ1n) is 9.65. The SMILES string of the molecule is CC(=O)Oc1ccc2c(ccn2[Si](C)(C)C(C)(C)C)c1C1=CCCCC1. The minimum absolute atomic E-state index is 0.248. The molecule has 1 heterocycles. The maximum absolute atomic E-state index is 11.6. The van der Waals surface area contributed by atoms with E-state index in [-0.39, 0.29) is 11.0 Å². The van der Waals surface area contributed by atoms with Gasteiger partial charge in [-0.25, -0.2) is 0 Å². The number of ether oxygens (including phenoxy) is 1. The van der Waals surface area contributed by atoms with Crippen LogP contribution in [0.2, 0.25) is 18.1 Å². The molecule has 0 aliphatic heterocycles. The van der Waals surface area contributed by atoms with Crippen LogP contribution in [0, 0.1) is 0 Å². The van der Waals surface area contributed by atoms with Crippen LogP contribution in [-0.2, 0) is 4.79 Å². The van der Waals surface area contributed by atoms with E-state index < -0.39 is 8.24 Å². The molecule has 0 atom stereocenters. The van der Waals surface area contributed by atoms with Crippen molar-refractivity contribution >= 4 is 30.7 Å². The standard InChI is InChI=1S/C22H31NO2Si/c1-16(24)25-20-13-12-19-18(21(20)17-10-8-7-9-11-17)14-15-23(19)26(5,6)22(2,3)4/h10,12-15H,7-9,11H2,1-6H3. The highest BCUT2D eigenvalue weighted by Crippen LogP contribution is 2.43. The third kappa shape index (κ3) is 3.27. The second-order valence-corrected chi connectivity index (χ2v) is 14.0. The first-order valence-corrected chi connectivity index (χ1v) is 12.6. The maximum Gasteiger partial charge on any atom is 0.308 e. The fourth-order valence-electron chi connectivity index (χ4n) is 3.68. The van der Waals surface area contributed by atoms with Gasteiger partial charge in [0.2, 0.25) is 0 Å². The number of aromatic nitrogens is 1.